The summed E-state index contributed by atoms with van der Waals surface area (Å²) in [5, 5.41) is 7.57. The van der Waals surface area contributed by atoms with Gasteiger partial charge in [-0.25, -0.2) is 0 Å². The second kappa shape index (κ2) is 49.5. The molecule has 0 heterocycles. The minimum atomic E-state index is 0.250. The zero-order chi connectivity index (χ0) is 10.1. The van der Waals surface area contributed by atoms with Gasteiger partial charge in [0.2, 0.25) is 0 Å². The van der Waals surface area contributed by atoms with E-state index in [4.69, 9.17) is 5.11 Å². The van der Waals surface area contributed by atoms with Crippen molar-refractivity contribution < 1.29 is 18.4 Å². The Morgan fingerprint density at radius 2 is 1.09 bits per heavy atom. The van der Waals surface area contributed by atoms with Crippen LogP contribution in [0.1, 0.15) is 27.2 Å². The predicted octanol–water partition coefficient (Wildman–Crippen LogP) is 1.96. The molecule has 0 aromatic rings. The molecule has 6 heteroatoms. The molecule has 0 radical (unpaired) electrons. The van der Waals surface area contributed by atoms with E-state index in [-0.39, 0.29) is 6.61 Å². The second-order valence-electron chi connectivity index (χ2n) is 1.08. The Balaban J connectivity index is -0.0000000301. The van der Waals surface area contributed by atoms with Gasteiger partial charge in [0.15, 0.2) is 0 Å². The standard InChI is InChI=1S/C3H8.C2H6O.I3.I2/c1-3-2;1-2-3;1-3-2;1-2/h3H2,1-2H3;3H,2H2,1H3;;/q;;-1;. The van der Waals surface area contributed by atoms with E-state index in [0.29, 0.717) is 13.3 Å². The Morgan fingerprint density at radius 1 is 1.09 bits per heavy atom. The second-order valence-corrected chi connectivity index (χ2v) is 17.3. The van der Waals surface area contributed by atoms with Crippen molar-refractivity contribution in [3.63, 3.8) is 0 Å². The SMILES string of the molecule is CCC.CCO.II.I[I-]I. The van der Waals surface area contributed by atoms with Crippen molar-refractivity contribution in [2.75, 3.05) is 6.61 Å². The van der Waals surface area contributed by atoms with Crippen LogP contribution in [0.4, 0.5) is 0 Å². The molecule has 0 aliphatic carbocycles. The molecule has 1 nitrogen and oxygen atoms in total. The summed E-state index contributed by atoms with van der Waals surface area (Å²) in [6.07, 6.45) is 1.25. The third kappa shape index (κ3) is 141. The first-order chi connectivity index (χ1) is 5.24. The topological polar surface area (TPSA) is 20.2 Å². The minimum absolute atomic E-state index is 0.250. The summed E-state index contributed by atoms with van der Waals surface area (Å²) in [6, 6.07) is 0. The van der Waals surface area contributed by atoms with Crippen LogP contribution in [0.2, 0.25) is 0 Å². The molecule has 0 saturated carbocycles. The Labute approximate surface area is 124 Å². The van der Waals surface area contributed by atoms with Gasteiger partial charge in [-0.05, 0) is 6.92 Å². The van der Waals surface area contributed by atoms with E-state index in [1.165, 1.54) is 6.42 Å². The van der Waals surface area contributed by atoms with Crippen LogP contribution in [-0.4, -0.2) is 11.7 Å². The molecule has 11 heavy (non-hydrogen) atoms. The molecule has 0 aliphatic heterocycles. The van der Waals surface area contributed by atoms with Crippen molar-refractivity contribution in [3.05, 3.63) is 0 Å². The van der Waals surface area contributed by atoms with Crippen molar-refractivity contribution in [1.82, 2.24) is 0 Å². The molecule has 0 atom stereocenters. The van der Waals surface area contributed by atoms with Gasteiger partial charge in [0, 0.05) is 43.8 Å². The molecule has 0 spiro atoms. The Bertz CT molecular complexity index is 19.6. The molecule has 0 aromatic carbocycles. The molecule has 0 fully saturated rings. The summed E-state index contributed by atoms with van der Waals surface area (Å²) in [7, 11) is 0. The van der Waals surface area contributed by atoms with E-state index in [1.807, 2.05) is 0 Å². The van der Waals surface area contributed by atoms with Gasteiger partial charge in [-0.2, -0.15) is 0 Å². The van der Waals surface area contributed by atoms with E-state index in [0.717, 1.165) is 0 Å². The molecule has 0 aliphatic rings. The summed E-state index contributed by atoms with van der Waals surface area (Å²) in [6.45, 7) is 6.18. The fraction of sp³-hybridized carbons (Fsp3) is 1.00. The fourth-order valence-electron chi connectivity index (χ4n) is 0. The fourth-order valence-corrected chi connectivity index (χ4v) is 0. The Kier molecular flexibility index (Phi) is 108. The van der Waals surface area contributed by atoms with Crippen LogP contribution in [0.25, 0.3) is 0 Å². The molecule has 0 amide bonds. The van der Waals surface area contributed by atoms with Crippen molar-refractivity contribution >= 4 is 74.5 Å². The summed E-state index contributed by atoms with van der Waals surface area (Å²) in [5.74, 6) is 0. The molecule has 0 unspecified atom stereocenters. The van der Waals surface area contributed by atoms with Gasteiger partial charge in [0.1, 0.15) is 0 Å². The zero-order valence-electron chi connectivity index (χ0n) is 6.75. The molecule has 0 saturated heterocycles. The van der Waals surface area contributed by atoms with E-state index in [2.05, 4.69) is 88.3 Å². The van der Waals surface area contributed by atoms with Gasteiger partial charge in [-0.1, -0.05) is 20.3 Å². The molecule has 0 bridgehead atoms. The monoisotopic (exact) mass is 725 g/mol. The molecule has 1 N–H and O–H groups in total. The van der Waals surface area contributed by atoms with Crippen LogP contribution in [-0.2, 0) is 0 Å². The van der Waals surface area contributed by atoms with Crippen molar-refractivity contribution in [1.29, 1.82) is 0 Å². The number of hydrogen-bond donors (Lipinski definition) is 1. The maximum atomic E-state index is 7.57. The van der Waals surface area contributed by atoms with Crippen molar-refractivity contribution in [2.45, 2.75) is 27.2 Å². The van der Waals surface area contributed by atoms with Crippen LogP contribution in [0.15, 0.2) is 0 Å². The molecule has 0 rings (SSSR count). The third-order valence-electron chi connectivity index (χ3n) is 0. The number of halogens is 5. The van der Waals surface area contributed by atoms with Gasteiger partial charge >= 0.3 is 50.5 Å². The number of rotatable bonds is 0. The summed E-state index contributed by atoms with van der Waals surface area (Å²) in [4.78, 5) is 0. The number of hydrogen-bond acceptors (Lipinski definition) is 1. The van der Waals surface area contributed by atoms with Crippen LogP contribution < -0.4 is 13.3 Å². The first-order valence-corrected chi connectivity index (χ1v) is 21.7. The van der Waals surface area contributed by atoms with Crippen LogP contribution in [0.3, 0.4) is 0 Å². The van der Waals surface area contributed by atoms with Gasteiger partial charge in [0.05, 0.1) is 0 Å². The van der Waals surface area contributed by atoms with Gasteiger partial charge in [0.25, 0.3) is 0 Å². The number of aliphatic hydroxyl groups is 1. The first-order valence-electron chi connectivity index (χ1n) is 2.87. The van der Waals surface area contributed by atoms with E-state index in [1.54, 1.807) is 6.92 Å². The average Bonchev–Trinajstić information content (AvgIpc) is 1.96. The van der Waals surface area contributed by atoms with Crippen LogP contribution >= 0.6 is 74.5 Å². The quantitative estimate of drug-likeness (QED) is 0.380. The van der Waals surface area contributed by atoms with Crippen molar-refractivity contribution in [2.24, 2.45) is 0 Å². The van der Waals surface area contributed by atoms with E-state index < -0.39 is 0 Å². The molecule has 0 aromatic heterocycles. The summed E-state index contributed by atoms with van der Waals surface area (Å²) >= 11 is 9.54. The Morgan fingerprint density at radius 3 is 1.09 bits per heavy atom. The van der Waals surface area contributed by atoms with Gasteiger partial charge in [-0.15, -0.1) is 0 Å². The van der Waals surface area contributed by atoms with Gasteiger partial charge < -0.3 is 5.11 Å². The van der Waals surface area contributed by atoms with Gasteiger partial charge in [-0.3, -0.25) is 0 Å². The van der Waals surface area contributed by atoms with E-state index in [9.17, 15) is 0 Å². The maximum absolute atomic E-state index is 7.57. The van der Waals surface area contributed by atoms with Crippen LogP contribution in [0.5, 0.6) is 0 Å². The molecular weight excluding hydrogens is 711 g/mol. The number of aliphatic hydroxyl groups excluding tert-OH is 1. The average molecular weight is 725 g/mol. The summed E-state index contributed by atoms with van der Waals surface area (Å²) < 4.78 is 0. The first kappa shape index (κ1) is 24.0. The van der Waals surface area contributed by atoms with Crippen molar-refractivity contribution in [3.8, 4) is 0 Å². The van der Waals surface area contributed by atoms with E-state index >= 15 is 0 Å². The Hall–Kier alpha value is 3.61. The summed E-state index contributed by atoms with van der Waals surface area (Å²) in [5.41, 5.74) is 0. The third-order valence-corrected chi connectivity index (χ3v) is 0. The predicted molar refractivity (Wildman–Crippen MR) is 84.8 cm³/mol. The molecule has 76 valence electrons. The molecular formula is C5H14I5O-. The normalized spacial score (nSPS) is 5.82. The zero-order valence-corrected chi connectivity index (χ0v) is 17.5. The van der Waals surface area contributed by atoms with Crippen LogP contribution in [0, 0.1) is 0 Å².